The number of anilines is 4. The van der Waals surface area contributed by atoms with E-state index < -0.39 is 21.6 Å². The summed E-state index contributed by atoms with van der Waals surface area (Å²) >= 11 is 0. The van der Waals surface area contributed by atoms with Crippen molar-refractivity contribution in [2.75, 3.05) is 103 Å². The molecule has 354 valence electrons. The second-order valence-electron chi connectivity index (χ2n) is 15.4. The molecule has 0 aliphatic heterocycles. The number of aromatic nitrogens is 2. The number of amides is 2. The van der Waals surface area contributed by atoms with Gasteiger partial charge in [0.2, 0.25) is 11.8 Å². The molecule has 0 aliphatic rings. The Kier molecular flexibility index (Phi) is 20.3. The number of fused-ring (bicyclic) bond motifs is 1. The molecule has 0 unspecified atom stereocenters. The summed E-state index contributed by atoms with van der Waals surface area (Å²) in [5.74, 6) is 2.15. The molecule has 17 nitrogen and oxygen atoms in total. The minimum atomic E-state index is -3.90. The zero-order valence-electron chi connectivity index (χ0n) is 39.1. The van der Waals surface area contributed by atoms with Crippen LogP contribution in [0.5, 0.6) is 34.6 Å². The van der Waals surface area contributed by atoms with E-state index in [1.165, 1.54) is 26.7 Å². The van der Waals surface area contributed by atoms with Crippen molar-refractivity contribution in [2.45, 2.75) is 47.0 Å². The molecule has 5 rings (SSSR count). The van der Waals surface area contributed by atoms with Gasteiger partial charge >= 0.3 is 16.1 Å². The lowest BCUT2D eigenvalue weighted by atomic mass is 9.86. The highest BCUT2D eigenvalue weighted by Gasteiger charge is 2.24. The summed E-state index contributed by atoms with van der Waals surface area (Å²) in [5, 5.41) is 10.2. The van der Waals surface area contributed by atoms with Gasteiger partial charge in [-0.15, -0.1) is 0 Å². The number of nitrogens with zero attached hydrogens (tertiary/aromatic N) is 3. The van der Waals surface area contributed by atoms with E-state index in [0.29, 0.717) is 84.6 Å². The smallest absolute Gasteiger partial charge is 0.323 e. The van der Waals surface area contributed by atoms with E-state index >= 15 is 0 Å². The second kappa shape index (κ2) is 25.5. The molecule has 0 radical (unpaired) electrons. The Hall–Kier alpha value is -5.92. The van der Waals surface area contributed by atoms with Gasteiger partial charge in [-0.05, 0) is 54.9 Å². The maximum Gasteiger partial charge on any atom is 0.323 e. The van der Waals surface area contributed by atoms with Crippen molar-refractivity contribution in [1.82, 2.24) is 14.9 Å². The molecule has 0 atom stereocenters. The highest BCUT2D eigenvalue weighted by molar-refractivity contribution is 7.86. The van der Waals surface area contributed by atoms with Gasteiger partial charge in [0.15, 0.2) is 11.5 Å². The van der Waals surface area contributed by atoms with Crippen LogP contribution in [-0.2, 0) is 29.7 Å². The summed E-state index contributed by atoms with van der Waals surface area (Å²) in [5.41, 5.74) is 1.64. The van der Waals surface area contributed by atoms with Gasteiger partial charge in [0, 0.05) is 54.0 Å². The summed E-state index contributed by atoms with van der Waals surface area (Å²) in [6.07, 6.45) is 2.50. The van der Waals surface area contributed by atoms with E-state index in [2.05, 4.69) is 51.6 Å². The third-order valence-electron chi connectivity index (χ3n) is 9.60. The van der Waals surface area contributed by atoms with Gasteiger partial charge in [-0.2, -0.15) is 13.4 Å². The topological polar surface area (TPSA) is 190 Å². The van der Waals surface area contributed by atoms with Crippen LogP contribution >= 0.6 is 0 Å². The molecule has 0 aliphatic carbocycles. The number of carbonyl (C=O) groups is 1. The fraction of sp³-hybridized carbons (Fsp3) is 0.426. The third-order valence-corrected chi connectivity index (χ3v) is 10.1. The van der Waals surface area contributed by atoms with Gasteiger partial charge in [0.1, 0.15) is 23.9 Å². The van der Waals surface area contributed by atoms with Crippen LogP contribution in [0.3, 0.4) is 0 Å². The van der Waals surface area contributed by atoms with E-state index in [9.17, 15) is 13.2 Å². The summed E-state index contributed by atoms with van der Waals surface area (Å²) in [4.78, 5) is 24.8. The molecule has 3 N–H and O–H groups in total. The largest absolute Gasteiger partial charge is 0.497 e. The van der Waals surface area contributed by atoms with Crippen molar-refractivity contribution in [3.8, 4) is 34.6 Å². The van der Waals surface area contributed by atoms with E-state index in [1.54, 1.807) is 68.9 Å². The number of methoxy groups -OCH3 is 3. The maximum absolute atomic E-state index is 13.5. The fourth-order valence-electron chi connectivity index (χ4n) is 6.21. The van der Waals surface area contributed by atoms with Gasteiger partial charge in [-0.25, -0.2) is 9.78 Å². The Morgan fingerprint density at radius 2 is 1.37 bits per heavy atom. The van der Waals surface area contributed by atoms with Crippen LogP contribution in [0, 0.1) is 0 Å². The van der Waals surface area contributed by atoms with Crippen LogP contribution in [0.2, 0.25) is 0 Å². The van der Waals surface area contributed by atoms with Gasteiger partial charge in [0.25, 0.3) is 0 Å². The van der Waals surface area contributed by atoms with Crippen LogP contribution in [0.1, 0.15) is 47.1 Å². The number of urea groups is 1. The lowest BCUT2D eigenvalue weighted by Gasteiger charge is -2.23. The maximum atomic E-state index is 13.5. The monoisotopic (exact) mass is 920 g/mol. The molecule has 0 bridgehead atoms. The Labute approximate surface area is 383 Å². The number of carbonyl (C=O) groups excluding carboxylic acids is 1. The summed E-state index contributed by atoms with van der Waals surface area (Å²) in [6.45, 7) is 18.6. The summed E-state index contributed by atoms with van der Waals surface area (Å²) < 4.78 is 68.4. The second-order valence-corrected chi connectivity index (χ2v) is 16.9. The number of rotatable bonds is 23. The zero-order chi connectivity index (χ0) is 47.4. The molecule has 0 saturated carbocycles. The quantitative estimate of drug-likeness (QED) is 0.0416. The summed E-state index contributed by atoms with van der Waals surface area (Å²) in [6, 6.07) is 20.5. The zero-order valence-corrected chi connectivity index (χ0v) is 39.9. The number of benzene rings is 4. The number of hydrogen-bond acceptors (Lipinski definition) is 15. The first-order chi connectivity index (χ1) is 31.1. The van der Waals surface area contributed by atoms with E-state index in [1.807, 2.05) is 45.0 Å². The van der Waals surface area contributed by atoms with Crippen LogP contribution in [0.4, 0.5) is 27.8 Å². The van der Waals surface area contributed by atoms with Crippen LogP contribution in [-0.4, -0.2) is 116 Å². The first-order valence-electron chi connectivity index (χ1n) is 21.3. The first kappa shape index (κ1) is 51.7. The van der Waals surface area contributed by atoms with Crippen molar-refractivity contribution >= 4 is 49.9 Å². The van der Waals surface area contributed by atoms with Gasteiger partial charge in [-0.1, -0.05) is 65.8 Å². The molecule has 5 aromatic rings. The van der Waals surface area contributed by atoms with Crippen molar-refractivity contribution in [1.29, 1.82) is 0 Å². The lowest BCUT2D eigenvalue weighted by molar-refractivity contribution is 0.0179. The van der Waals surface area contributed by atoms with Gasteiger partial charge in [0.05, 0.1) is 64.9 Å². The normalized spacial score (nSPS) is 11.4. The van der Waals surface area contributed by atoms with Crippen molar-refractivity contribution in [2.24, 2.45) is 0 Å². The predicted octanol–water partition coefficient (Wildman–Crippen LogP) is 8.87. The minimum Gasteiger partial charge on any atom is -0.497 e. The Balaban J connectivity index is 0.00000122. The van der Waals surface area contributed by atoms with Crippen molar-refractivity contribution < 1.29 is 50.6 Å². The molecule has 2 amide bonds. The molecule has 4 aromatic carbocycles. The molecule has 18 heteroatoms. The van der Waals surface area contributed by atoms with Crippen molar-refractivity contribution in [3.05, 3.63) is 84.6 Å². The Morgan fingerprint density at radius 3 is 1.98 bits per heavy atom. The highest BCUT2D eigenvalue weighted by Crippen LogP contribution is 2.41. The minimum absolute atomic E-state index is 0.0429. The number of hydrogen-bond donors (Lipinski definition) is 3. The van der Waals surface area contributed by atoms with Gasteiger partial charge < -0.3 is 58.2 Å². The molecule has 65 heavy (non-hydrogen) atoms. The van der Waals surface area contributed by atoms with Crippen LogP contribution in [0.25, 0.3) is 10.8 Å². The van der Waals surface area contributed by atoms with Crippen molar-refractivity contribution in [3.63, 3.8) is 0 Å². The average Bonchev–Trinajstić information content (AvgIpc) is 3.26. The molecular weight excluding hydrogens is 857 g/mol. The molecule has 1 aromatic heterocycles. The molecule has 1 heterocycles. The number of ether oxygens (including phenoxy) is 7. The molecule has 0 fully saturated rings. The molecule has 0 spiro atoms. The molecule has 0 saturated heterocycles. The lowest BCUT2D eigenvalue weighted by Crippen LogP contribution is -2.21. The summed E-state index contributed by atoms with van der Waals surface area (Å²) in [7, 11) is 0.657. The highest BCUT2D eigenvalue weighted by atomic mass is 32.2. The number of nitrogens with one attached hydrogen (secondary N) is 3. The third kappa shape index (κ3) is 16.9. The van der Waals surface area contributed by atoms with E-state index in [4.69, 9.17) is 37.3 Å². The van der Waals surface area contributed by atoms with Crippen LogP contribution in [0.15, 0.2) is 79.0 Å². The first-order valence-corrected chi connectivity index (χ1v) is 23.1. The Bertz CT molecular complexity index is 2390. The van der Waals surface area contributed by atoms with Crippen LogP contribution < -0.4 is 39.1 Å². The average molecular weight is 921 g/mol. The fourth-order valence-corrected chi connectivity index (χ4v) is 6.66. The molecular formula is C47H64N6O11S. The van der Waals surface area contributed by atoms with Gasteiger partial charge in [-0.3, -0.25) is 0 Å². The predicted molar refractivity (Wildman–Crippen MR) is 255 cm³/mol. The van der Waals surface area contributed by atoms with E-state index in [0.717, 1.165) is 6.26 Å². The van der Waals surface area contributed by atoms with E-state index in [-0.39, 0.29) is 29.0 Å². The SMILES string of the molecule is CCN(CC)CC.COCCOCCOCCOc1cc(Nc2nccc(Oc3ccc(NC(=O)Nc4cc(C(C)(C)C)cc(OS(C)(=O)=O)c4OC)c4ccccc34)n2)cc(OC)c1. The standard InChI is InChI=1S/C41H49N5O11S.C6H15N/c1-41(2,3)27-22-34(38(52-6)36(23-27)57-58(7,48)49)45-40(47)44-33-12-13-35(32-11-9-8-10-31(32)33)56-37-14-15-42-39(46-37)43-28-24-29(51-5)26-30(25-28)55-21-20-54-19-18-53-17-16-50-4;1-4-7(5-2)6-3/h8-15,22-26H,16-21H2,1-7H3,(H,42,43,46)(H2,44,45,47);4-6H2,1-3H3. The Morgan fingerprint density at radius 1 is 0.723 bits per heavy atom.